The van der Waals surface area contributed by atoms with Gasteiger partial charge in [0.15, 0.2) is 5.82 Å². The summed E-state index contributed by atoms with van der Waals surface area (Å²) in [5.74, 6) is -0.00823. The minimum atomic E-state index is -4.81. The average molecular weight is 458 g/mol. The zero-order chi connectivity index (χ0) is 22.5. The van der Waals surface area contributed by atoms with E-state index in [2.05, 4.69) is 45.4 Å². The Balaban J connectivity index is 1.79. The number of nitrogens with zero attached hydrogens (tertiary/aromatic N) is 5. The van der Waals surface area contributed by atoms with Crippen molar-refractivity contribution in [1.82, 2.24) is 35.3 Å². The van der Waals surface area contributed by atoms with Crippen molar-refractivity contribution >= 4 is 16.0 Å². The van der Waals surface area contributed by atoms with Gasteiger partial charge in [0.25, 0.3) is 0 Å². The van der Waals surface area contributed by atoms with E-state index in [-0.39, 0.29) is 18.2 Å². The van der Waals surface area contributed by atoms with Gasteiger partial charge in [0.2, 0.25) is 16.0 Å². The fourth-order valence-electron chi connectivity index (χ4n) is 2.43. The molecule has 0 aliphatic rings. The first kappa shape index (κ1) is 22.4. The third-order valence-corrected chi connectivity index (χ3v) is 5.34. The summed E-state index contributed by atoms with van der Waals surface area (Å²) in [5, 5.41) is 16.2. The molecule has 2 heterocycles. The number of nitrogens with one attached hydrogen (secondary N) is 3. The number of aromatic amines is 1. The first-order valence-electron chi connectivity index (χ1n) is 8.81. The predicted molar refractivity (Wildman–Crippen MR) is 102 cm³/mol. The van der Waals surface area contributed by atoms with E-state index in [4.69, 9.17) is 0 Å². The predicted octanol–water partition coefficient (Wildman–Crippen LogP) is 1.65. The number of ether oxygens (including phenoxy) is 1. The van der Waals surface area contributed by atoms with Crippen LogP contribution < -0.4 is 14.8 Å². The summed E-state index contributed by atoms with van der Waals surface area (Å²) in [6.45, 7) is 1.39. The van der Waals surface area contributed by atoms with Crippen molar-refractivity contribution in [3.63, 3.8) is 0 Å². The fraction of sp³-hybridized carbons (Fsp3) is 0.312. The van der Waals surface area contributed by atoms with Crippen LogP contribution in [-0.4, -0.2) is 57.7 Å². The summed E-state index contributed by atoms with van der Waals surface area (Å²) >= 11 is 0. The lowest BCUT2D eigenvalue weighted by Crippen LogP contribution is -2.32. The topological polar surface area (TPSA) is 148 Å². The Morgan fingerprint density at radius 2 is 1.84 bits per heavy atom. The summed E-state index contributed by atoms with van der Waals surface area (Å²) in [7, 11) is -3.51. The van der Waals surface area contributed by atoms with E-state index >= 15 is 0 Å². The maximum absolute atomic E-state index is 12.4. The molecule has 0 amide bonds. The third-order valence-electron chi connectivity index (χ3n) is 3.98. The maximum Gasteiger partial charge on any atom is 0.573 e. The van der Waals surface area contributed by atoms with Gasteiger partial charge in [0, 0.05) is 18.9 Å². The molecule has 11 nitrogen and oxygen atoms in total. The van der Waals surface area contributed by atoms with Gasteiger partial charge in [-0.05, 0) is 35.0 Å². The molecule has 3 rings (SSSR count). The van der Waals surface area contributed by atoms with Crippen molar-refractivity contribution in [2.75, 3.05) is 17.6 Å². The molecule has 15 heteroatoms. The second-order valence-electron chi connectivity index (χ2n) is 6.11. The molecule has 0 saturated heterocycles. The van der Waals surface area contributed by atoms with Crippen LogP contribution in [0.25, 0.3) is 11.4 Å². The van der Waals surface area contributed by atoms with Gasteiger partial charge in [0.1, 0.15) is 5.75 Å². The summed E-state index contributed by atoms with van der Waals surface area (Å²) in [4.78, 5) is 8.28. The molecule has 0 saturated carbocycles. The molecule has 31 heavy (non-hydrogen) atoms. The number of aromatic nitrogens is 6. The van der Waals surface area contributed by atoms with Crippen LogP contribution >= 0.6 is 0 Å². The van der Waals surface area contributed by atoms with Crippen LogP contribution in [-0.2, 0) is 10.0 Å². The van der Waals surface area contributed by atoms with Crippen LogP contribution in [0.5, 0.6) is 5.75 Å². The van der Waals surface area contributed by atoms with Crippen molar-refractivity contribution in [2.24, 2.45) is 0 Å². The summed E-state index contributed by atoms with van der Waals surface area (Å²) < 4.78 is 67.1. The summed E-state index contributed by atoms with van der Waals surface area (Å²) in [5.41, 5.74) is 1.01. The van der Waals surface area contributed by atoms with Crippen molar-refractivity contribution in [3.8, 4) is 17.1 Å². The average Bonchev–Trinajstić information content (AvgIpc) is 3.26. The first-order chi connectivity index (χ1) is 14.6. The molecule has 1 atom stereocenters. The van der Waals surface area contributed by atoms with E-state index in [1.54, 1.807) is 0 Å². The highest BCUT2D eigenvalue weighted by molar-refractivity contribution is 7.89. The molecule has 0 radical (unpaired) electrons. The van der Waals surface area contributed by atoms with Gasteiger partial charge < -0.3 is 10.1 Å². The maximum atomic E-state index is 12.4. The Bertz CT molecular complexity index is 1070. The number of anilines is 1. The highest BCUT2D eigenvalue weighted by Crippen LogP contribution is 2.25. The van der Waals surface area contributed by atoms with Crippen molar-refractivity contribution in [3.05, 3.63) is 42.2 Å². The number of alkyl halides is 3. The molecule has 0 aliphatic heterocycles. The molecule has 166 valence electrons. The van der Waals surface area contributed by atoms with Gasteiger partial charge in [-0.1, -0.05) is 12.1 Å². The molecule has 0 aliphatic carbocycles. The lowest BCUT2D eigenvalue weighted by atomic mass is 10.1. The zero-order valence-corrected chi connectivity index (χ0v) is 16.8. The highest BCUT2D eigenvalue weighted by Gasteiger charge is 2.31. The molecule has 3 N–H and O–H groups in total. The van der Waals surface area contributed by atoms with Crippen molar-refractivity contribution in [1.29, 1.82) is 0 Å². The van der Waals surface area contributed by atoms with E-state index in [9.17, 15) is 21.6 Å². The number of rotatable bonds is 9. The molecule has 0 spiro atoms. The van der Waals surface area contributed by atoms with E-state index < -0.39 is 28.2 Å². The number of benzene rings is 1. The largest absolute Gasteiger partial charge is 0.573 e. The van der Waals surface area contributed by atoms with Crippen molar-refractivity contribution < 1.29 is 26.3 Å². The van der Waals surface area contributed by atoms with Crippen molar-refractivity contribution in [2.45, 2.75) is 19.3 Å². The van der Waals surface area contributed by atoms with Gasteiger partial charge >= 0.3 is 6.36 Å². The van der Waals surface area contributed by atoms with Crippen LogP contribution in [0.1, 0.15) is 18.5 Å². The fourth-order valence-corrected chi connectivity index (χ4v) is 3.05. The standard InChI is InChI=1S/C16H17F3N8O3S/c1-2-31(28,29)22-9-13(10-3-5-12(6-4-10)30-16(17,18)19)23-15-20-7-11(8-21-15)14-24-26-27-25-14/h3-8,13,22H,2,9H2,1H3,(H,20,21,23)(H,24,25,26,27). The lowest BCUT2D eigenvalue weighted by Gasteiger charge is -2.20. The lowest BCUT2D eigenvalue weighted by molar-refractivity contribution is -0.274. The van der Waals surface area contributed by atoms with Crippen LogP contribution in [0.15, 0.2) is 36.7 Å². The molecule has 0 fully saturated rings. The van der Waals surface area contributed by atoms with E-state index in [1.807, 2.05) is 0 Å². The smallest absolute Gasteiger partial charge is 0.406 e. The number of tetrazole rings is 1. The second-order valence-corrected chi connectivity index (χ2v) is 8.21. The molecule has 1 unspecified atom stereocenters. The Kier molecular flexibility index (Phi) is 6.65. The monoisotopic (exact) mass is 458 g/mol. The number of halogens is 3. The molecule has 0 bridgehead atoms. The van der Waals surface area contributed by atoms with Crippen LogP contribution in [0.4, 0.5) is 19.1 Å². The molecular formula is C16H17F3N8O3S. The van der Waals surface area contributed by atoms with Gasteiger partial charge in [-0.2, -0.15) is 0 Å². The van der Waals surface area contributed by atoms with Crippen LogP contribution in [0, 0.1) is 0 Å². The normalized spacial score (nSPS) is 13.0. The van der Waals surface area contributed by atoms with Crippen LogP contribution in [0.2, 0.25) is 0 Å². The Morgan fingerprint density at radius 3 is 2.39 bits per heavy atom. The van der Waals surface area contributed by atoms with E-state index in [0.717, 1.165) is 12.1 Å². The third kappa shape index (κ3) is 6.58. The molecule has 3 aromatic rings. The number of sulfonamides is 1. The van der Waals surface area contributed by atoms with Gasteiger partial charge in [-0.25, -0.2) is 28.2 Å². The first-order valence-corrected chi connectivity index (χ1v) is 10.5. The van der Waals surface area contributed by atoms with Crippen LogP contribution in [0.3, 0.4) is 0 Å². The quantitative estimate of drug-likeness (QED) is 0.435. The SMILES string of the molecule is CCS(=O)(=O)NCC(Nc1ncc(-c2nnn[nH]2)cn1)c1ccc(OC(F)(F)F)cc1. The Hall–Kier alpha value is -3.33. The highest BCUT2D eigenvalue weighted by atomic mass is 32.2. The second kappa shape index (κ2) is 9.22. The number of hydrogen-bond donors (Lipinski definition) is 3. The van der Waals surface area contributed by atoms with E-state index in [1.165, 1.54) is 31.5 Å². The molecular weight excluding hydrogens is 441 g/mol. The number of H-pyrrole nitrogens is 1. The van der Waals surface area contributed by atoms with Gasteiger partial charge in [0.05, 0.1) is 17.4 Å². The minimum absolute atomic E-state index is 0.0905. The molecule has 1 aromatic carbocycles. The summed E-state index contributed by atoms with van der Waals surface area (Å²) in [6.07, 6.45) is -1.92. The molecule has 2 aromatic heterocycles. The van der Waals surface area contributed by atoms with E-state index in [0.29, 0.717) is 17.0 Å². The Morgan fingerprint density at radius 1 is 1.16 bits per heavy atom. The number of hydrogen-bond acceptors (Lipinski definition) is 9. The minimum Gasteiger partial charge on any atom is -0.406 e. The van der Waals surface area contributed by atoms with Gasteiger partial charge in [-0.3, -0.25) is 0 Å². The summed E-state index contributed by atoms with van der Waals surface area (Å²) in [6, 6.07) is 4.35. The Labute approximate surface area is 174 Å². The zero-order valence-electron chi connectivity index (χ0n) is 16.0. The van der Waals surface area contributed by atoms with Gasteiger partial charge in [-0.15, -0.1) is 18.3 Å².